The Morgan fingerprint density at radius 2 is 1.83 bits per heavy atom. The third-order valence-electron chi connectivity index (χ3n) is 5.32. The van der Waals surface area contributed by atoms with Crippen molar-refractivity contribution < 1.29 is 9.59 Å². The molecule has 1 aliphatic heterocycles. The molecule has 2 amide bonds. The molecule has 1 aliphatic carbocycles. The summed E-state index contributed by atoms with van der Waals surface area (Å²) >= 11 is 0. The standard InChI is InChI=1S/C20H28N2O2/c23-19-12-6-7-14-21(19)16-20(24)22(18-10-4-5-11-18)15-13-17-8-2-1-3-9-17/h1-3,8-9,18H,4-7,10-16H2. The molecule has 1 heterocycles. The fourth-order valence-electron chi connectivity index (χ4n) is 3.90. The summed E-state index contributed by atoms with van der Waals surface area (Å²) < 4.78 is 0. The van der Waals surface area contributed by atoms with Crippen molar-refractivity contribution in [3.63, 3.8) is 0 Å². The summed E-state index contributed by atoms with van der Waals surface area (Å²) in [5, 5.41) is 0. The van der Waals surface area contributed by atoms with E-state index in [9.17, 15) is 9.59 Å². The minimum atomic E-state index is 0.132. The van der Waals surface area contributed by atoms with Gasteiger partial charge in [0.1, 0.15) is 0 Å². The Labute approximate surface area is 144 Å². The number of likely N-dealkylation sites (tertiary alicyclic amines) is 1. The highest BCUT2D eigenvalue weighted by atomic mass is 16.2. The molecule has 24 heavy (non-hydrogen) atoms. The molecule has 130 valence electrons. The normalized spacial score (nSPS) is 18.8. The van der Waals surface area contributed by atoms with Gasteiger partial charge < -0.3 is 9.80 Å². The Morgan fingerprint density at radius 1 is 1.08 bits per heavy atom. The Bertz CT molecular complexity index is 552. The second-order valence-corrected chi connectivity index (χ2v) is 7.03. The summed E-state index contributed by atoms with van der Waals surface area (Å²) in [6, 6.07) is 10.7. The molecule has 1 saturated carbocycles. The van der Waals surface area contributed by atoms with E-state index in [-0.39, 0.29) is 18.4 Å². The van der Waals surface area contributed by atoms with Crippen molar-refractivity contribution in [1.82, 2.24) is 9.80 Å². The maximum Gasteiger partial charge on any atom is 0.242 e. The predicted molar refractivity (Wildman–Crippen MR) is 94.5 cm³/mol. The lowest BCUT2D eigenvalue weighted by Crippen LogP contribution is -2.48. The first-order chi connectivity index (χ1) is 11.7. The van der Waals surface area contributed by atoms with E-state index in [1.165, 1.54) is 18.4 Å². The van der Waals surface area contributed by atoms with Gasteiger partial charge in [-0.1, -0.05) is 43.2 Å². The van der Waals surface area contributed by atoms with E-state index in [2.05, 4.69) is 17.0 Å². The zero-order chi connectivity index (χ0) is 16.8. The van der Waals surface area contributed by atoms with Gasteiger partial charge in [-0.05, 0) is 37.7 Å². The highest BCUT2D eigenvalue weighted by Gasteiger charge is 2.29. The summed E-state index contributed by atoms with van der Waals surface area (Å²) in [7, 11) is 0. The van der Waals surface area contributed by atoms with Crippen molar-refractivity contribution in [2.24, 2.45) is 0 Å². The maximum atomic E-state index is 12.9. The SMILES string of the molecule is O=C1CCCCN1CC(=O)N(CCc1ccccc1)C1CCCC1. The molecular weight excluding hydrogens is 300 g/mol. The number of benzene rings is 1. The molecule has 0 bridgehead atoms. The van der Waals surface area contributed by atoms with E-state index in [1.54, 1.807) is 4.90 Å². The minimum absolute atomic E-state index is 0.132. The lowest BCUT2D eigenvalue weighted by molar-refractivity contribution is -0.143. The Hall–Kier alpha value is -1.84. The van der Waals surface area contributed by atoms with Crippen LogP contribution in [0.2, 0.25) is 0 Å². The van der Waals surface area contributed by atoms with Gasteiger partial charge in [0.25, 0.3) is 0 Å². The fourth-order valence-corrected chi connectivity index (χ4v) is 3.90. The van der Waals surface area contributed by atoms with Crippen LogP contribution in [0.15, 0.2) is 30.3 Å². The Balaban J connectivity index is 1.62. The summed E-state index contributed by atoms with van der Waals surface area (Å²) in [6.07, 6.45) is 8.10. The first-order valence-corrected chi connectivity index (χ1v) is 9.35. The van der Waals surface area contributed by atoms with E-state index < -0.39 is 0 Å². The zero-order valence-corrected chi connectivity index (χ0v) is 14.5. The number of rotatable bonds is 6. The molecule has 4 heteroatoms. The number of carbonyl (C=O) groups excluding carboxylic acids is 2. The topological polar surface area (TPSA) is 40.6 Å². The summed E-state index contributed by atoms with van der Waals surface area (Å²) in [6.45, 7) is 1.77. The van der Waals surface area contributed by atoms with Gasteiger partial charge in [0.2, 0.25) is 11.8 Å². The van der Waals surface area contributed by atoms with E-state index in [1.807, 2.05) is 18.2 Å². The van der Waals surface area contributed by atoms with Gasteiger partial charge in [-0.2, -0.15) is 0 Å². The van der Waals surface area contributed by atoms with Crippen molar-refractivity contribution in [2.75, 3.05) is 19.6 Å². The molecule has 1 aromatic rings. The third-order valence-corrected chi connectivity index (χ3v) is 5.32. The van der Waals surface area contributed by atoms with Gasteiger partial charge in [0.15, 0.2) is 0 Å². The van der Waals surface area contributed by atoms with Crippen LogP contribution in [0.1, 0.15) is 50.5 Å². The maximum absolute atomic E-state index is 12.9. The van der Waals surface area contributed by atoms with Gasteiger partial charge in [-0.25, -0.2) is 0 Å². The molecular formula is C20H28N2O2. The van der Waals surface area contributed by atoms with Gasteiger partial charge >= 0.3 is 0 Å². The van der Waals surface area contributed by atoms with E-state index >= 15 is 0 Å². The molecule has 0 unspecified atom stereocenters. The monoisotopic (exact) mass is 328 g/mol. The van der Waals surface area contributed by atoms with E-state index in [0.29, 0.717) is 12.5 Å². The summed E-state index contributed by atoms with van der Waals surface area (Å²) in [5.74, 6) is 0.275. The Kier molecular flexibility index (Phi) is 5.89. The largest absolute Gasteiger partial charge is 0.338 e. The van der Waals surface area contributed by atoms with Crippen LogP contribution >= 0.6 is 0 Å². The molecule has 0 N–H and O–H groups in total. The van der Waals surface area contributed by atoms with Crippen LogP contribution in [-0.4, -0.2) is 47.3 Å². The number of hydrogen-bond acceptors (Lipinski definition) is 2. The smallest absolute Gasteiger partial charge is 0.242 e. The van der Waals surface area contributed by atoms with Crippen LogP contribution in [0.5, 0.6) is 0 Å². The van der Waals surface area contributed by atoms with Gasteiger partial charge in [-0.3, -0.25) is 9.59 Å². The molecule has 4 nitrogen and oxygen atoms in total. The number of carbonyl (C=O) groups is 2. The van der Waals surface area contributed by atoms with Crippen LogP contribution in [0.3, 0.4) is 0 Å². The van der Waals surface area contributed by atoms with Crippen molar-refractivity contribution in [3.8, 4) is 0 Å². The van der Waals surface area contributed by atoms with Crippen LogP contribution in [0.25, 0.3) is 0 Å². The highest BCUT2D eigenvalue weighted by molar-refractivity contribution is 5.85. The van der Waals surface area contributed by atoms with Crippen molar-refractivity contribution in [3.05, 3.63) is 35.9 Å². The zero-order valence-electron chi connectivity index (χ0n) is 14.5. The van der Waals surface area contributed by atoms with E-state index in [4.69, 9.17) is 0 Å². The predicted octanol–water partition coefficient (Wildman–Crippen LogP) is 3.01. The van der Waals surface area contributed by atoms with Gasteiger partial charge in [0, 0.05) is 25.6 Å². The van der Waals surface area contributed by atoms with Crippen molar-refractivity contribution >= 4 is 11.8 Å². The van der Waals surface area contributed by atoms with Crippen molar-refractivity contribution in [2.45, 2.75) is 57.4 Å². The first kappa shape index (κ1) is 17.0. The van der Waals surface area contributed by atoms with Crippen LogP contribution in [-0.2, 0) is 16.0 Å². The molecule has 0 atom stereocenters. The highest BCUT2D eigenvalue weighted by Crippen LogP contribution is 2.24. The molecule has 0 spiro atoms. The molecule has 2 aliphatic rings. The summed E-state index contributed by atoms with van der Waals surface area (Å²) in [5.41, 5.74) is 1.27. The minimum Gasteiger partial charge on any atom is -0.338 e. The molecule has 1 aromatic carbocycles. The lowest BCUT2D eigenvalue weighted by Gasteiger charge is -2.33. The van der Waals surface area contributed by atoms with E-state index in [0.717, 1.165) is 45.2 Å². The third kappa shape index (κ3) is 4.37. The Morgan fingerprint density at radius 3 is 2.54 bits per heavy atom. The van der Waals surface area contributed by atoms with Gasteiger partial charge in [-0.15, -0.1) is 0 Å². The number of piperidine rings is 1. The molecule has 0 aromatic heterocycles. The quantitative estimate of drug-likeness (QED) is 0.805. The molecule has 0 radical (unpaired) electrons. The second kappa shape index (κ2) is 8.32. The second-order valence-electron chi connectivity index (χ2n) is 7.03. The molecule has 3 rings (SSSR count). The van der Waals surface area contributed by atoms with Crippen LogP contribution in [0.4, 0.5) is 0 Å². The van der Waals surface area contributed by atoms with Crippen molar-refractivity contribution in [1.29, 1.82) is 0 Å². The number of nitrogens with zero attached hydrogens (tertiary/aromatic N) is 2. The average Bonchev–Trinajstić information content (AvgIpc) is 3.12. The van der Waals surface area contributed by atoms with Crippen LogP contribution in [0, 0.1) is 0 Å². The first-order valence-electron chi connectivity index (χ1n) is 9.35. The van der Waals surface area contributed by atoms with Crippen LogP contribution < -0.4 is 0 Å². The lowest BCUT2D eigenvalue weighted by atomic mass is 10.1. The average molecular weight is 328 g/mol. The molecule has 2 fully saturated rings. The van der Waals surface area contributed by atoms with Gasteiger partial charge in [0.05, 0.1) is 6.54 Å². The summed E-state index contributed by atoms with van der Waals surface area (Å²) in [4.78, 5) is 28.7. The number of amides is 2. The number of hydrogen-bond donors (Lipinski definition) is 0. The fraction of sp³-hybridized carbons (Fsp3) is 0.600. The molecule has 1 saturated heterocycles.